The molecule has 1 atom stereocenters. The normalized spacial score (nSPS) is 12.7. The predicted octanol–water partition coefficient (Wildman–Crippen LogP) is 3.25. The molecule has 2 rings (SSSR count). The molecule has 2 aromatic rings. The van der Waals surface area contributed by atoms with E-state index in [1.807, 2.05) is 6.92 Å². The molecular weight excluding hydrogens is 328 g/mol. The van der Waals surface area contributed by atoms with Gasteiger partial charge in [-0.05, 0) is 34.5 Å². The summed E-state index contributed by atoms with van der Waals surface area (Å²) < 4.78 is 29.7. The monoisotopic (exact) mass is 343 g/mol. The number of hydrogen-bond donors (Lipinski definition) is 1. The largest absolute Gasteiger partial charge is 0.330 e. The van der Waals surface area contributed by atoms with Crippen LogP contribution in [0.4, 0.5) is 8.78 Å². The molecule has 0 amide bonds. The maximum atomic E-state index is 14.0. The fraction of sp³-hybridized carbons (Fsp3) is 0.357. The first-order valence-electron chi connectivity index (χ1n) is 6.40. The molecule has 6 heteroatoms. The lowest BCUT2D eigenvalue weighted by Crippen LogP contribution is -2.23. The van der Waals surface area contributed by atoms with Crippen molar-refractivity contribution in [2.24, 2.45) is 5.73 Å². The van der Waals surface area contributed by atoms with E-state index in [0.717, 1.165) is 12.2 Å². The van der Waals surface area contributed by atoms with Gasteiger partial charge < -0.3 is 10.3 Å². The molecule has 0 aliphatic rings. The molecule has 0 saturated carbocycles. The number of nitrogens with two attached hydrogens (primary N) is 1. The van der Waals surface area contributed by atoms with Crippen molar-refractivity contribution in [3.63, 3.8) is 0 Å². The van der Waals surface area contributed by atoms with Gasteiger partial charge in [-0.1, -0.05) is 6.92 Å². The highest BCUT2D eigenvalue weighted by molar-refractivity contribution is 9.10. The molecule has 1 unspecified atom stereocenters. The molecule has 1 heterocycles. The van der Waals surface area contributed by atoms with Gasteiger partial charge in [0.25, 0.3) is 0 Å². The van der Waals surface area contributed by atoms with Crippen LogP contribution in [-0.2, 0) is 13.0 Å². The number of hydrogen-bond acceptors (Lipinski definition) is 2. The topological polar surface area (TPSA) is 43.8 Å². The maximum Gasteiger partial charge on any atom is 0.145 e. The zero-order valence-electron chi connectivity index (χ0n) is 11.1. The fourth-order valence-electron chi connectivity index (χ4n) is 1.94. The molecule has 2 N–H and O–H groups in total. The number of imidazole rings is 1. The molecular formula is C14H16BrF2N3. The molecule has 0 saturated heterocycles. The van der Waals surface area contributed by atoms with Crippen molar-refractivity contribution in [1.29, 1.82) is 0 Å². The highest BCUT2D eigenvalue weighted by Crippen LogP contribution is 2.22. The fourth-order valence-corrected chi connectivity index (χ4v) is 2.31. The second kappa shape index (κ2) is 6.45. The summed E-state index contributed by atoms with van der Waals surface area (Å²) >= 11 is 3.07. The highest BCUT2D eigenvalue weighted by Gasteiger charge is 2.15. The van der Waals surface area contributed by atoms with Crippen molar-refractivity contribution in [2.45, 2.75) is 32.4 Å². The molecule has 1 aromatic carbocycles. The van der Waals surface area contributed by atoms with Crippen LogP contribution in [0.15, 0.2) is 29.0 Å². The SMILES string of the molecule is CCC(N)Cc1nccn1Cc1c(F)ccc(Br)c1F. The van der Waals surface area contributed by atoms with E-state index in [1.54, 1.807) is 17.0 Å². The van der Waals surface area contributed by atoms with Gasteiger partial charge in [-0.2, -0.15) is 0 Å². The summed E-state index contributed by atoms with van der Waals surface area (Å²) in [5, 5.41) is 0. The first-order valence-corrected chi connectivity index (χ1v) is 7.20. The zero-order chi connectivity index (χ0) is 14.7. The van der Waals surface area contributed by atoms with Crippen LogP contribution in [0, 0.1) is 11.6 Å². The minimum atomic E-state index is -0.579. The van der Waals surface area contributed by atoms with E-state index in [0.29, 0.717) is 6.42 Å². The molecule has 0 radical (unpaired) electrons. The Morgan fingerprint density at radius 3 is 2.85 bits per heavy atom. The Hall–Kier alpha value is -1.27. The quantitative estimate of drug-likeness (QED) is 0.847. The standard InChI is InChI=1S/C14H16BrF2N3/c1-2-9(18)7-13-19-5-6-20(13)8-10-12(16)4-3-11(15)14(10)17/h3-6,9H,2,7-8,18H2,1H3. The van der Waals surface area contributed by atoms with Crippen molar-refractivity contribution < 1.29 is 8.78 Å². The molecule has 0 fully saturated rings. The zero-order valence-corrected chi connectivity index (χ0v) is 12.7. The van der Waals surface area contributed by atoms with Gasteiger partial charge >= 0.3 is 0 Å². The Kier molecular flexibility index (Phi) is 4.88. The van der Waals surface area contributed by atoms with Crippen LogP contribution in [0.25, 0.3) is 0 Å². The van der Waals surface area contributed by atoms with Crippen LogP contribution in [0.1, 0.15) is 24.7 Å². The van der Waals surface area contributed by atoms with Gasteiger partial charge in [0.05, 0.1) is 11.0 Å². The first kappa shape index (κ1) is 15.1. The van der Waals surface area contributed by atoms with E-state index in [2.05, 4.69) is 20.9 Å². The Bertz CT molecular complexity index is 598. The molecule has 0 bridgehead atoms. The number of rotatable bonds is 5. The van der Waals surface area contributed by atoms with E-state index in [1.165, 1.54) is 12.1 Å². The van der Waals surface area contributed by atoms with Gasteiger partial charge in [0, 0.05) is 30.4 Å². The highest BCUT2D eigenvalue weighted by atomic mass is 79.9. The average molecular weight is 344 g/mol. The molecule has 20 heavy (non-hydrogen) atoms. The summed E-state index contributed by atoms with van der Waals surface area (Å²) in [7, 11) is 0. The third-order valence-electron chi connectivity index (χ3n) is 3.24. The summed E-state index contributed by atoms with van der Waals surface area (Å²) in [5.41, 5.74) is 5.92. The lowest BCUT2D eigenvalue weighted by atomic mass is 10.1. The summed E-state index contributed by atoms with van der Waals surface area (Å²) in [6.45, 7) is 2.09. The van der Waals surface area contributed by atoms with Crippen LogP contribution in [0.5, 0.6) is 0 Å². The summed E-state index contributed by atoms with van der Waals surface area (Å²) in [6, 6.07) is 2.60. The number of aromatic nitrogens is 2. The Balaban J connectivity index is 2.27. The molecule has 0 spiro atoms. The molecule has 0 aliphatic heterocycles. The Morgan fingerprint density at radius 2 is 2.15 bits per heavy atom. The Labute approximate surface area is 124 Å². The predicted molar refractivity (Wildman–Crippen MR) is 77.4 cm³/mol. The van der Waals surface area contributed by atoms with Crippen molar-refractivity contribution in [2.75, 3.05) is 0 Å². The van der Waals surface area contributed by atoms with Gasteiger partial charge in [-0.15, -0.1) is 0 Å². The van der Waals surface area contributed by atoms with E-state index >= 15 is 0 Å². The summed E-state index contributed by atoms with van der Waals surface area (Å²) in [6.07, 6.45) is 4.73. The second-order valence-electron chi connectivity index (χ2n) is 4.67. The van der Waals surface area contributed by atoms with Crippen molar-refractivity contribution >= 4 is 15.9 Å². The van der Waals surface area contributed by atoms with Crippen molar-refractivity contribution in [1.82, 2.24) is 9.55 Å². The lowest BCUT2D eigenvalue weighted by Gasteiger charge is -2.13. The van der Waals surface area contributed by atoms with Gasteiger partial charge in [-0.3, -0.25) is 0 Å². The summed E-state index contributed by atoms with van der Waals surface area (Å²) in [4.78, 5) is 4.21. The second-order valence-corrected chi connectivity index (χ2v) is 5.52. The minimum absolute atomic E-state index is 0.00615. The lowest BCUT2D eigenvalue weighted by molar-refractivity contribution is 0.531. The Morgan fingerprint density at radius 1 is 1.40 bits per heavy atom. The maximum absolute atomic E-state index is 14.0. The number of nitrogens with zero attached hydrogens (tertiary/aromatic N) is 2. The van der Waals surface area contributed by atoms with Crippen LogP contribution < -0.4 is 5.73 Å². The number of halogens is 3. The van der Waals surface area contributed by atoms with Crippen molar-refractivity contribution in [3.8, 4) is 0 Å². The molecule has 1 aromatic heterocycles. The van der Waals surface area contributed by atoms with Gasteiger partial charge in [0.1, 0.15) is 17.5 Å². The molecule has 108 valence electrons. The third-order valence-corrected chi connectivity index (χ3v) is 3.85. The minimum Gasteiger partial charge on any atom is -0.330 e. The van der Waals surface area contributed by atoms with Crippen LogP contribution in [-0.4, -0.2) is 15.6 Å². The van der Waals surface area contributed by atoms with Gasteiger partial charge in [0.2, 0.25) is 0 Å². The average Bonchev–Trinajstić information content (AvgIpc) is 2.86. The van der Waals surface area contributed by atoms with Crippen LogP contribution in [0.2, 0.25) is 0 Å². The summed E-state index contributed by atoms with van der Waals surface area (Å²) in [5.74, 6) is -0.410. The van der Waals surface area contributed by atoms with Gasteiger partial charge in [0.15, 0.2) is 0 Å². The van der Waals surface area contributed by atoms with Crippen LogP contribution >= 0.6 is 15.9 Å². The van der Waals surface area contributed by atoms with E-state index in [-0.39, 0.29) is 22.6 Å². The smallest absolute Gasteiger partial charge is 0.145 e. The van der Waals surface area contributed by atoms with E-state index in [9.17, 15) is 8.78 Å². The number of benzene rings is 1. The van der Waals surface area contributed by atoms with Crippen molar-refractivity contribution in [3.05, 3.63) is 52.0 Å². The molecule has 3 nitrogen and oxygen atoms in total. The van der Waals surface area contributed by atoms with Crippen LogP contribution in [0.3, 0.4) is 0 Å². The van der Waals surface area contributed by atoms with Gasteiger partial charge in [-0.25, -0.2) is 13.8 Å². The van der Waals surface area contributed by atoms with E-state index < -0.39 is 11.6 Å². The molecule has 0 aliphatic carbocycles. The third kappa shape index (κ3) is 3.24. The van der Waals surface area contributed by atoms with E-state index in [4.69, 9.17) is 5.73 Å². The first-order chi connectivity index (χ1) is 9.52.